The highest BCUT2D eigenvalue weighted by Gasteiger charge is 2.57. The summed E-state index contributed by atoms with van der Waals surface area (Å²) in [7, 11) is 2.46. The maximum absolute atomic E-state index is 14.9. The Labute approximate surface area is 386 Å². The second-order valence-corrected chi connectivity index (χ2v) is 19.9. The predicted octanol–water partition coefficient (Wildman–Crippen LogP) is 7.10. The van der Waals surface area contributed by atoms with E-state index in [-0.39, 0.29) is 52.2 Å². The molecule has 2 saturated carbocycles. The lowest BCUT2D eigenvalue weighted by Gasteiger charge is -2.31. The summed E-state index contributed by atoms with van der Waals surface area (Å²) in [4.78, 5) is 83.8. The summed E-state index contributed by atoms with van der Waals surface area (Å²) in [5.74, 6) is -2.96. The summed E-state index contributed by atoms with van der Waals surface area (Å²) < 4.78 is 47.7. The number of fused-ring (bicyclic) bond motifs is 5. The van der Waals surface area contributed by atoms with Crippen LogP contribution in [0, 0.1) is 34.3 Å². The number of methoxy groups -OCH3 is 2. The number of benzene rings is 3. The number of Topliss-reactive ketones (excluding diaryl/α,β-unsaturated/α-hetero) is 1. The Morgan fingerprint density at radius 2 is 1.30 bits per heavy atom. The third-order valence-electron chi connectivity index (χ3n) is 14.4. The number of carbonyl (C=O) groups excluding carboxylic acids is 6. The molecular weight excluding hydrogens is 867 g/mol. The number of alkyl carbamates (subject to hydrolysis) is 2. The van der Waals surface area contributed by atoms with E-state index in [1.807, 2.05) is 56.5 Å². The second kappa shape index (κ2) is 17.3. The van der Waals surface area contributed by atoms with Gasteiger partial charge in [0.1, 0.15) is 35.5 Å². The van der Waals surface area contributed by atoms with E-state index in [1.165, 1.54) is 26.4 Å². The van der Waals surface area contributed by atoms with Crippen molar-refractivity contribution in [1.29, 1.82) is 0 Å². The number of aromatic nitrogens is 1. The smallest absolute Gasteiger partial charge is 0.407 e. The van der Waals surface area contributed by atoms with Crippen LogP contribution in [0.3, 0.4) is 0 Å². The number of halogens is 2. The lowest BCUT2D eigenvalue weighted by atomic mass is 9.96. The molecule has 5 atom stereocenters. The molecule has 4 aromatic rings. The van der Waals surface area contributed by atoms with Gasteiger partial charge in [0, 0.05) is 53.8 Å². The molecule has 3 aliphatic heterocycles. The maximum Gasteiger partial charge on any atom is 0.407 e. The predicted molar refractivity (Wildman–Crippen MR) is 242 cm³/mol. The van der Waals surface area contributed by atoms with Crippen molar-refractivity contribution in [2.45, 2.75) is 103 Å². The van der Waals surface area contributed by atoms with Gasteiger partial charge in [0.25, 0.3) is 0 Å². The van der Waals surface area contributed by atoms with E-state index in [4.69, 9.17) is 14.2 Å². The number of rotatable bonds is 12. The molecular formula is C50H56F2N6O9. The fourth-order valence-electron chi connectivity index (χ4n) is 10.3. The minimum Gasteiger partial charge on any atom is -0.465 e. The van der Waals surface area contributed by atoms with Crippen LogP contribution in [0.2, 0.25) is 0 Å². The van der Waals surface area contributed by atoms with Gasteiger partial charge in [-0.05, 0) is 109 Å². The second-order valence-electron chi connectivity index (χ2n) is 19.9. The van der Waals surface area contributed by atoms with E-state index >= 15 is 0 Å². The Bertz CT molecular complexity index is 2670. The summed E-state index contributed by atoms with van der Waals surface area (Å²) in [5, 5.41) is 9.00. The highest BCUT2D eigenvalue weighted by atomic mass is 19.1. The number of anilines is 1. The van der Waals surface area contributed by atoms with Crippen molar-refractivity contribution < 1.29 is 51.8 Å². The maximum atomic E-state index is 14.9. The number of nitrogens with zero attached hydrogens (tertiary/aromatic N) is 3. The van der Waals surface area contributed by atoms with Crippen LogP contribution in [0.4, 0.5) is 24.1 Å². The number of hydrogen-bond acceptors (Lipinski definition) is 9. The Hall–Kier alpha value is -6.52. The van der Waals surface area contributed by atoms with Crippen molar-refractivity contribution in [3.63, 3.8) is 0 Å². The van der Waals surface area contributed by atoms with E-state index in [9.17, 15) is 37.5 Å². The molecule has 2 saturated heterocycles. The van der Waals surface area contributed by atoms with Crippen LogP contribution >= 0.6 is 0 Å². The van der Waals surface area contributed by atoms with Gasteiger partial charge < -0.3 is 44.5 Å². The fourth-order valence-corrected chi connectivity index (χ4v) is 10.3. The molecule has 3 aromatic carbocycles. The normalized spacial score (nSPS) is 21.4. The van der Waals surface area contributed by atoms with E-state index in [1.54, 1.807) is 28.0 Å². The number of hydrogen-bond donors (Lipinski definition) is 3. The zero-order valence-electron chi connectivity index (χ0n) is 38.5. The highest BCUT2D eigenvalue weighted by molar-refractivity contribution is 6.00. The van der Waals surface area contributed by atoms with Crippen LogP contribution < -0.4 is 20.7 Å². The van der Waals surface area contributed by atoms with Crippen molar-refractivity contribution in [2.75, 3.05) is 32.6 Å². The van der Waals surface area contributed by atoms with Gasteiger partial charge in [0.2, 0.25) is 23.9 Å². The van der Waals surface area contributed by atoms with Gasteiger partial charge in [-0.1, -0.05) is 33.8 Å². The van der Waals surface area contributed by atoms with E-state index < -0.39 is 60.1 Å². The summed E-state index contributed by atoms with van der Waals surface area (Å²) >= 11 is 0. The Morgan fingerprint density at radius 1 is 0.731 bits per heavy atom. The zero-order valence-corrected chi connectivity index (χ0v) is 38.5. The number of amides is 5. The van der Waals surface area contributed by atoms with Crippen LogP contribution in [0.25, 0.3) is 22.2 Å². The number of carbonyl (C=O) groups is 6. The SMILES string of the molecule is COC(=O)N[C@H](C(=O)N1CC2(CC2)C[C@H]1C(=O)Cc1ccc2c(c1)cc1n2C(c2cc(F)cc(F)c2)Oc2cc(NC(=O)[C@@H]3CC4(CC4)CN3C(=O)[C@@H](NC(=O)OC)C(C)C)ccc2-1)C(C)C. The molecule has 4 fully saturated rings. The van der Waals surface area contributed by atoms with Crippen LogP contribution in [0.5, 0.6) is 5.75 Å². The van der Waals surface area contributed by atoms with Gasteiger partial charge in [-0.3, -0.25) is 19.2 Å². The average molecular weight is 923 g/mol. The monoisotopic (exact) mass is 922 g/mol. The number of nitrogens with one attached hydrogen (secondary N) is 3. The molecule has 1 unspecified atom stereocenters. The van der Waals surface area contributed by atoms with Crippen LogP contribution in [-0.2, 0) is 35.1 Å². The first-order valence-corrected chi connectivity index (χ1v) is 23.0. The molecule has 2 aliphatic carbocycles. The van der Waals surface area contributed by atoms with Gasteiger partial charge in [0.15, 0.2) is 5.78 Å². The van der Waals surface area contributed by atoms with Gasteiger partial charge in [-0.15, -0.1) is 0 Å². The Morgan fingerprint density at radius 3 is 1.85 bits per heavy atom. The molecule has 5 amide bonds. The molecule has 2 spiro atoms. The first kappa shape index (κ1) is 45.6. The quantitative estimate of drug-likeness (QED) is 0.134. The summed E-state index contributed by atoms with van der Waals surface area (Å²) in [6.45, 7) is 8.12. The van der Waals surface area contributed by atoms with Crippen molar-refractivity contribution in [1.82, 2.24) is 25.0 Å². The molecule has 9 rings (SSSR count). The fraction of sp³-hybridized carbons (Fsp3) is 0.480. The minimum absolute atomic E-state index is 0.0392. The first-order valence-electron chi connectivity index (χ1n) is 23.0. The molecule has 5 aliphatic rings. The first-order chi connectivity index (χ1) is 31.9. The molecule has 15 nitrogen and oxygen atoms in total. The van der Waals surface area contributed by atoms with Crippen molar-refractivity contribution in [3.8, 4) is 17.0 Å². The van der Waals surface area contributed by atoms with Crippen LogP contribution in [0.15, 0.2) is 60.7 Å². The lowest BCUT2D eigenvalue weighted by molar-refractivity contribution is -0.140. The van der Waals surface area contributed by atoms with Crippen LogP contribution in [0.1, 0.15) is 83.6 Å². The molecule has 1 aromatic heterocycles. The molecule has 3 N–H and O–H groups in total. The van der Waals surface area contributed by atoms with E-state index in [0.717, 1.165) is 37.1 Å². The topological polar surface area (TPSA) is 178 Å². The lowest BCUT2D eigenvalue weighted by Crippen LogP contribution is -2.54. The number of likely N-dealkylation sites (tertiary alicyclic amines) is 2. The molecule has 4 heterocycles. The molecule has 354 valence electrons. The van der Waals surface area contributed by atoms with Crippen LogP contribution in [-0.4, -0.2) is 102 Å². The average Bonchev–Trinajstić information content (AvgIpc) is 4.08. The van der Waals surface area contributed by atoms with Gasteiger partial charge in [-0.25, -0.2) is 18.4 Å². The third-order valence-corrected chi connectivity index (χ3v) is 14.4. The highest BCUT2D eigenvalue weighted by Crippen LogP contribution is 2.56. The van der Waals surface area contributed by atoms with E-state index in [0.29, 0.717) is 59.7 Å². The minimum atomic E-state index is -1.04. The summed E-state index contributed by atoms with van der Waals surface area (Å²) in [6.07, 6.45) is 2.17. The molecule has 17 heteroatoms. The molecule has 0 radical (unpaired) electrons. The number of ketones is 1. The number of ether oxygens (including phenoxy) is 3. The Balaban J connectivity index is 0.999. The van der Waals surface area contributed by atoms with E-state index in [2.05, 4.69) is 16.0 Å². The zero-order chi connectivity index (χ0) is 47.7. The summed E-state index contributed by atoms with van der Waals surface area (Å²) in [6, 6.07) is 12.6. The largest absolute Gasteiger partial charge is 0.465 e. The summed E-state index contributed by atoms with van der Waals surface area (Å²) in [5.41, 5.74) is 3.00. The standard InChI is InChI=1S/C50H56F2N6O9/c1-26(2)41(54-47(63)65-5)44(61)56-24-49(11-12-49)22-37(56)39(59)16-28-7-10-35-29(15-28)19-36-34-9-8-33(21-40(34)67-46(58(35)36)30-17-31(51)20-32(52)18-30)53-43(60)38-23-50(13-14-50)25-57(38)45(62)42(27(3)4)55-48(64)66-6/h7-10,15,17-21,26-27,37-38,41-42,46H,11-14,16,22-25H2,1-6H3,(H,53,60)(H,54,63)(H,55,64)/t37-,38-,41-,42-,46?/m0/s1. The molecule has 0 bridgehead atoms. The van der Waals surface area contributed by atoms with Crippen molar-refractivity contribution in [3.05, 3.63) is 83.4 Å². The van der Waals surface area contributed by atoms with Gasteiger partial charge in [0.05, 0.1) is 31.5 Å². The van der Waals surface area contributed by atoms with Crippen molar-refractivity contribution >= 4 is 52.3 Å². The Kier molecular flexibility index (Phi) is 11.8. The van der Waals surface area contributed by atoms with Gasteiger partial charge in [-0.2, -0.15) is 0 Å². The third kappa shape index (κ3) is 8.80. The van der Waals surface area contributed by atoms with Gasteiger partial charge >= 0.3 is 12.2 Å². The molecule has 67 heavy (non-hydrogen) atoms. The van der Waals surface area contributed by atoms with Crippen molar-refractivity contribution in [2.24, 2.45) is 22.7 Å².